The van der Waals surface area contributed by atoms with Gasteiger partial charge < -0.3 is 0 Å². The SMILES string of the molecule is CCn1ccc(-c2nc3c4ccccc4ncn3n2)n1. The Morgan fingerprint density at radius 2 is 2.00 bits per heavy atom. The highest BCUT2D eigenvalue weighted by Gasteiger charge is 2.11. The van der Waals surface area contributed by atoms with E-state index in [4.69, 9.17) is 0 Å². The van der Waals surface area contributed by atoms with Crippen LogP contribution in [0.5, 0.6) is 0 Å². The minimum atomic E-state index is 0.621. The van der Waals surface area contributed by atoms with Crippen molar-refractivity contribution in [1.82, 2.24) is 29.4 Å². The normalized spacial score (nSPS) is 11.4. The Balaban J connectivity index is 1.96. The van der Waals surface area contributed by atoms with Crippen LogP contribution < -0.4 is 0 Å². The number of aromatic nitrogens is 6. The summed E-state index contributed by atoms with van der Waals surface area (Å²) in [5.74, 6) is 0.621. The molecule has 4 rings (SSSR count). The van der Waals surface area contributed by atoms with E-state index in [1.165, 1.54) is 0 Å². The van der Waals surface area contributed by atoms with Gasteiger partial charge in [0.25, 0.3) is 0 Å². The number of nitrogens with zero attached hydrogens (tertiary/aromatic N) is 6. The third kappa shape index (κ3) is 1.58. The summed E-state index contributed by atoms with van der Waals surface area (Å²) in [5, 5.41) is 9.87. The monoisotopic (exact) mass is 264 g/mol. The molecule has 0 aliphatic heterocycles. The van der Waals surface area contributed by atoms with Crippen molar-refractivity contribution in [3.8, 4) is 11.5 Å². The Morgan fingerprint density at radius 3 is 2.85 bits per heavy atom. The lowest BCUT2D eigenvalue weighted by molar-refractivity contribution is 0.661. The largest absolute Gasteiger partial charge is 0.272 e. The fourth-order valence-corrected chi connectivity index (χ4v) is 2.25. The van der Waals surface area contributed by atoms with Gasteiger partial charge >= 0.3 is 0 Å². The fraction of sp³-hybridized carbons (Fsp3) is 0.143. The summed E-state index contributed by atoms with van der Waals surface area (Å²) in [6.45, 7) is 2.88. The third-order valence-electron chi connectivity index (χ3n) is 3.28. The molecule has 0 fully saturated rings. The lowest BCUT2D eigenvalue weighted by atomic mass is 10.2. The number of hydrogen-bond donors (Lipinski definition) is 0. The van der Waals surface area contributed by atoms with Crippen LogP contribution in [0.2, 0.25) is 0 Å². The van der Waals surface area contributed by atoms with E-state index in [-0.39, 0.29) is 0 Å². The lowest BCUT2D eigenvalue weighted by Crippen LogP contribution is -1.94. The number of hydrogen-bond acceptors (Lipinski definition) is 4. The molecule has 0 N–H and O–H groups in total. The van der Waals surface area contributed by atoms with Crippen molar-refractivity contribution in [3.63, 3.8) is 0 Å². The molecule has 0 aliphatic carbocycles. The second kappa shape index (κ2) is 4.12. The van der Waals surface area contributed by atoms with Gasteiger partial charge in [-0.2, -0.15) is 5.10 Å². The maximum Gasteiger partial charge on any atom is 0.202 e. The van der Waals surface area contributed by atoms with E-state index in [0.717, 1.165) is 28.8 Å². The van der Waals surface area contributed by atoms with Gasteiger partial charge in [-0.05, 0) is 25.1 Å². The third-order valence-corrected chi connectivity index (χ3v) is 3.28. The van der Waals surface area contributed by atoms with E-state index in [1.54, 1.807) is 10.8 Å². The molecule has 0 unspecified atom stereocenters. The van der Waals surface area contributed by atoms with Crippen LogP contribution in [-0.2, 0) is 6.54 Å². The van der Waals surface area contributed by atoms with Gasteiger partial charge in [0.1, 0.15) is 12.0 Å². The first-order chi connectivity index (χ1) is 9.85. The van der Waals surface area contributed by atoms with Crippen molar-refractivity contribution >= 4 is 16.6 Å². The molecule has 0 radical (unpaired) electrons. The molecule has 6 heteroatoms. The Hall–Kier alpha value is -2.76. The maximum atomic E-state index is 4.59. The Labute approximate surface area is 114 Å². The highest BCUT2D eigenvalue weighted by molar-refractivity contribution is 5.91. The average Bonchev–Trinajstić information content (AvgIpc) is 3.13. The molecule has 98 valence electrons. The molecule has 4 aromatic rings. The van der Waals surface area contributed by atoms with E-state index in [0.29, 0.717) is 5.82 Å². The number of para-hydroxylation sites is 1. The molecule has 3 aromatic heterocycles. The van der Waals surface area contributed by atoms with E-state index in [2.05, 4.69) is 20.2 Å². The summed E-state index contributed by atoms with van der Waals surface area (Å²) in [4.78, 5) is 8.97. The van der Waals surface area contributed by atoms with Crippen LogP contribution in [0.25, 0.3) is 28.1 Å². The van der Waals surface area contributed by atoms with Crippen LogP contribution in [0.3, 0.4) is 0 Å². The summed E-state index contributed by atoms with van der Waals surface area (Å²) in [7, 11) is 0. The van der Waals surface area contributed by atoms with E-state index in [1.807, 2.05) is 48.1 Å². The second-order valence-corrected chi connectivity index (χ2v) is 4.52. The molecule has 0 saturated carbocycles. The second-order valence-electron chi connectivity index (χ2n) is 4.52. The summed E-state index contributed by atoms with van der Waals surface area (Å²) in [6.07, 6.45) is 3.61. The van der Waals surface area contributed by atoms with Gasteiger partial charge in [0, 0.05) is 18.1 Å². The topological polar surface area (TPSA) is 60.9 Å². The first kappa shape index (κ1) is 11.1. The van der Waals surface area contributed by atoms with E-state index < -0.39 is 0 Å². The molecule has 0 amide bonds. The van der Waals surface area contributed by atoms with Crippen LogP contribution >= 0.6 is 0 Å². The van der Waals surface area contributed by atoms with Crippen molar-refractivity contribution in [1.29, 1.82) is 0 Å². The van der Waals surface area contributed by atoms with E-state index in [9.17, 15) is 0 Å². The van der Waals surface area contributed by atoms with Crippen molar-refractivity contribution in [2.75, 3.05) is 0 Å². The Bertz CT molecular complexity index is 904. The lowest BCUT2D eigenvalue weighted by Gasteiger charge is -1.96. The Morgan fingerprint density at radius 1 is 1.10 bits per heavy atom. The molecule has 0 saturated heterocycles. The first-order valence-corrected chi connectivity index (χ1v) is 6.49. The molecule has 0 atom stereocenters. The smallest absolute Gasteiger partial charge is 0.202 e. The molecular formula is C14H12N6. The predicted molar refractivity (Wildman–Crippen MR) is 75.2 cm³/mol. The number of benzene rings is 1. The molecule has 0 spiro atoms. The van der Waals surface area contributed by atoms with Crippen molar-refractivity contribution in [2.24, 2.45) is 0 Å². The number of fused-ring (bicyclic) bond motifs is 3. The summed E-state index contributed by atoms with van der Waals surface area (Å²) in [6, 6.07) is 9.83. The minimum absolute atomic E-state index is 0.621. The van der Waals surface area contributed by atoms with Crippen LogP contribution in [-0.4, -0.2) is 29.4 Å². The standard InChI is InChI=1S/C14H12N6/c1-2-19-8-7-12(17-19)13-16-14-10-5-3-4-6-11(10)15-9-20(14)18-13/h3-9H,2H2,1H3. The van der Waals surface area contributed by atoms with Crippen LogP contribution in [0.4, 0.5) is 0 Å². The van der Waals surface area contributed by atoms with Crippen molar-refractivity contribution < 1.29 is 0 Å². The predicted octanol–water partition coefficient (Wildman–Crippen LogP) is 2.16. The highest BCUT2D eigenvalue weighted by atomic mass is 15.3. The Kier molecular flexibility index (Phi) is 2.29. The van der Waals surface area contributed by atoms with Gasteiger partial charge in [0.05, 0.1) is 5.52 Å². The first-order valence-electron chi connectivity index (χ1n) is 6.49. The van der Waals surface area contributed by atoms with Crippen LogP contribution in [0.1, 0.15) is 6.92 Å². The van der Waals surface area contributed by atoms with Gasteiger partial charge in [-0.3, -0.25) is 4.68 Å². The summed E-state index contributed by atoms with van der Waals surface area (Å²) >= 11 is 0. The van der Waals surface area contributed by atoms with E-state index >= 15 is 0 Å². The molecule has 0 aliphatic rings. The maximum absolute atomic E-state index is 4.59. The zero-order valence-electron chi connectivity index (χ0n) is 10.9. The van der Waals surface area contributed by atoms with Gasteiger partial charge in [-0.25, -0.2) is 14.5 Å². The minimum Gasteiger partial charge on any atom is -0.272 e. The molecule has 20 heavy (non-hydrogen) atoms. The fourth-order valence-electron chi connectivity index (χ4n) is 2.25. The zero-order chi connectivity index (χ0) is 13.5. The van der Waals surface area contributed by atoms with Crippen molar-refractivity contribution in [3.05, 3.63) is 42.9 Å². The molecule has 6 nitrogen and oxygen atoms in total. The average molecular weight is 264 g/mol. The zero-order valence-corrected chi connectivity index (χ0v) is 10.9. The van der Waals surface area contributed by atoms with Crippen molar-refractivity contribution in [2.45, 2.75) is 13.5 Å². The number of aryl methyl sites for hydroxylation is 1. The summed E-state index contributed by atoms with van der Waals surface area (Å²) in [5.41, 5.74) is 2.49. The molecular weight excluding hydrogens is 252 g/mol. The van der Waals surface area contributed by atoms with Gasteiger partial charge in [-0.1, -0.05) is 12.1 Å². The van der Waals surface area contributed by atoms with Gasteiger partial charge in [0.2, 0.25) is 5.82 Å². The summed E-state index contributed by atoms with van der Waals surface area (Å²) < 4.78 is 3.56. The molecule has 3 heterocycles. The quantitative estimate of drug-likeness (QED) is 0.556. The highest BCUT2D eigenvalue weighted by Crippen LogP contribution is 2.19. The van der Waals surface area contributed by atoms with Gasteiger partial charge in [0.15, 0.2) is 5.65 Å². The van der Waals surface area contributed by atoms with Crippen LogP contribution in [0.15, 0.2) is 42.9 Å². The molecule has 1 aromatic carbocycles. The van der Waals surface area contributed by atoms with Gasteiger partial charge in [-0.15, -0.1) is 5.10 Å². The van der Waals surface area contributed by atoms with Crippen LogP contribution in [0, 0.1) is 0 Å². The molecule has 0 bridgehead atoms. The number of rotatable bonds is 2.